The summed E-state index contributed by atoms with van der Waals surface area (Å²) < 4.78 is 76.8. The third-order valence-electron chi connectivity index (χ3n) is 3.56. The lowest BCUT2D eigenvalue weighted by atomic mass is 9.96. The van der Waals surface area contributed by atoms with Gasteiger partial charge in [0.25, 0.3) is 0 Å². The summed E-state index contributed by atoms with van der Waals surface area (Å²) in [5.41, 5.74) is -0.523. The Labute approximate surface area is 117 Å². The molecule has 1 aromatic carbocycles. The van der Waals surface area contributed by atoms with Gasteiger partial charge in [0.1, 0.15) is 0 Å². The van der Waals surface area contributed by atoms with E-state index >= 15 is 0 Å². The van der Waals surface area contributed by atoms with Gasteiger partial charge in [-0.05, 0) is 55.2 Å². The second-order valence-corrected chi connectivity index (χ2v) is 5.02. The molecule has 1 aliphatic rings. The second kappa shape index (κ2) is 4.93. The Balaban J connectivity index is 2.63. The van der Waals surface area contributed by atoms with E-state index in [4.69, 9.17) is 0 Å². The molecule has 0 radical (unpaired) electrons. The first-order chi connectivity index (χ1) is 9.50. The Morgan fingerprint density at radius 1 is 0.810 bits per heavy atom. The van der Waals surface area contributed by atoms with Crippen LogP contribution in [-0.4, -0.2) is 0 Å². The van der Waals surface area contributed by atoms with E-state index in [1.54, 1.807) is 19.9 Å². The summed E-state index contributed by atoms with van der Waals surface area (Å²) in [4.78, 5) is 0. The summed E-state index contributed by atoms with van der Waals surface area (Å²) >= 11 is 0. The van der Waals surface area contributed by atoms with Gasteiger partial charge >= 0.3 is 12.4 Å². The minimum absolute atomic E-state index is 0.0495. The second-order valence-electron chi connectivity index (χ2n) is 5.02. The van der Waals surface area contributed by atoms with Crippen molar-refractivity contribution in [3.63, 3.8) is 0 Å². The third-order valence-corrected chi connectivity index (χ3v) is 3.56. The molecule has 0 N–H and O–H groups in total. The predicted octanol–water partition coefficient (Wildman–Crippen LogP) is 5.85. The molecule has 114 valence electrons. The predicted molar refractivity (Wildman–Crippen MR) is 67.4 cm³/mol. The van der Waals surface area contributed by atoms with Crippen molar-refractivity contribution >= 4 is 5.57 Å². The van der Waals surface area contributed by atoms with Crippen LogP contribution in [0.5, 0.6) is 0 Å². The Kier molecular flexibility index (Phi) is 3.68. The highest BCUT2D eigenvalue weighted by Gasteiger charge is 2.37. The Hall–Kier alpha value is -1.72. The molecule has 0 atom stereocenters. The number of benzene rings is 1. The molecule has 0 aromatic heterocycles. The summed E-state index contributed by atoms with van der Waals surface area (Å²) in [6.07, 6.45) is -7.44. The highest BCUT2D eigenvalue weighted by Crippen LogP contribution is 2.40. The van der Waals surface area contributed by atoms with Crippen molar-refractivity contribution in [2.24, 2.45) is 0 Å². The first-order valence-electron chi connectivity index (χ1n) is 6.17. The van der Waals surface area contributed by atoms with Gasteiger partial charge in [-0.15, -0.1) is 0 Å². The summed E-state index contributed by atoms with van der Waals surface area (Å²) in [5.74, 6) is 0. The summed E-state index contributed by atoms with van der Waals surface area (Å²) in [5, 5.41) is 0. The van der Waals surface area contributed by atoms with Gasteiger partial charge in [0.2, 0.25) is 0 Å². The van der Waals surface area contributed by atoms with E-state index in [0.717, 1.165) is 23.3 Å². The van der Waals surface area contributed by atoms with E-state index < -0.39 is 23.5 Å². The number of hydrogen-bond acceptors (Lipinski definition) is 0. The summed E-state index contributed by atoms with van der Waals surface area (Å²) in [7, 11) is 0. The molecule has 2 rings (SSSR count). The zero-order valence-corrected chi connectivity index (χ0v) is 11.3. The minimum Gasteiger partial charge on any atom is -0.166 e. The average molecular weight is 306 g/mol. The van der Waals surface area contributed by atoms with E-state index in [9.17, 15) is 26.3 Å². The molecule has 1 aromatic rings. The lowest BCUT2D eigenvalue weighted by molar-refractivity contribution is -0.143. The van der Waals surface area contributed by atoms with Gasteiger partial charge in [-0.3, -0.25) is 0 Å². The monoisotopic (exact) mass is 306 g/mol. The molecule has 0 heterocycles. The van der Waals surface area contributed by atoms with Crippen LogP contribution in [0.25, 0.3) is 5.57 Å². The zero-order chi connectivity index (χ0) is 16.0. The molecule has 0 saturated heterocycles. The number of alkyl halides is 6. The van der Waals surface area contributed by atoms with Gasteiger partial charge in [-0.2, -0.15) is 26.3 Å². The summed E-state index contributed by atoms with van der Waals surface area (Å²) in [6, 6.07) is 1.68. The first kappa shape index (κ1) is 15.7. The fraction of sp³-hybridized carbons (Fsp3) is 0.333. The minimum atomic E-state index is -4.82. The molecule has 0 unspecified atom stereocenters. The van der Waals surface area contributed by atoms with Gasteiger partial charge < -0.3 is 0 Å². The van der Waals surface area contributed by atoms with Crippen molar-refractivity contribution in [1.29, 1.82) is 0 Å². The van der Waals surface area contributed by atoms with Gasteiger partial charge in [-0.25, -0.2) is 0 Å². The van der Waals surface area contributed by atoms with E-state index in [1.165, 1.54) is 0 Å². The smallest absolute Gasteiger partial charge is 0.166 e. The molecular weight excluding hydrogens is 294 g/mol. The molecule has 0 bridgehead atoms. The Morgan fingerprint density at radius 3 is 1.62 bits per heavy atom. The number of hydrogen-bond donors (Lipinski definition) is 0. The number of rotatable bonds is 1. The average Bonchev–Trinajstić information content (AvgIpc) is 2.67. The van der Waals surface area contributed by atoms with E-state index in [-0.39, 0.29) is 11.6 Å². The van der Waals surface area contributed by atoms with Gasteiger partial charge in [0.15, 0.2) is 0 Å². The van der Waals surface area contributed by atoms with Crippen LogP contribution in [0, 0.1) is 0 Å². The maximum absolute atomic E-state index is 12.8. The van der Waals surface area contributed by atoms with Crippen molar-refractivity contribution < 1.29 is 26.3 Å². The number of halogens is 6. The molecule has 0 spiro atoms. The molecular formula is C15H12F6. The summed E-state index contributed by atoms with van der Waals surface area (Å²) in [6.45, 7) is 3.50. The SMILES string of the molecule is CC1=C(C)C(c2cc(C(F)(F)F)cc(C(F)(F)F)c2)=CC1. The highest BCUT2D eigenvalue weighted by molar-refractivity contribution is 5.82. The van der Waals surface area contributed by atoms with Gasteiger partial charge in [0, 0.05) is 0 Å². The first-order valence-corrected chi connectivity index (χ1v) is 6.17. The van der Waals surface area contributed by atoms with Crippen LogP contribution < -0.4 is 0 Å². The topological polar surface area (TPSA) is 0 Å². The lowest BCUT2D eigenvalue weighted by Gasteiger charge is -2.15. The molecule has 0 nitrogen and oxygen atoms in total. The van der Waals surface area contributed by atoms with Crippen LogP contribution in [0.2, 0.25) is 0 Å². The van der Waals surface area contributed by atoms with Crippen LogP contribution in [0.1, 0.15) is 37.0 Å². The van der Waals surface area contributed by atoms with E-state index in [0.29, 0.717) is 12.0 Å². The molecule has 0 saturated carbocycles. The van der Waals surface area contributed by atoms with E-state index in [2.05, 4.69) is 0 Å². The molecule has 1 aliphatic carbocycles. The van der Waals surface area contributed by atoms with Crippen molar-refractivity contribution in [3.8, 4) is 0 Å². The standard InChI is InChI=1S/C15H12F6/c1-8-3-4-13(9(8)2)10-5-11(14(16,17)18)7-12(6-10)15(19,20)21/h4-7H,3H2,1-2H3. The fourth-order valence-electron chi connectivity index (χ4n) is 2.24. The van der Waals surface area contributed by atoms with Gasteiger partial charge in [0.05, 0.1) is 11.1 Å². The van der Waals surface area contributed by atoms with Crippen molar-refractivity contribution in [3.05, 3.63) is 52.1 Å². The van der Waals surface area contributed by atoms with Crippen LogP contribution >= 0.6 is 0 Å². The normalized spacial score (nSPS) is 16.5. The highest BCUT2D eigenvalue weighted by atomic mass is 19.4. The molecule has 0 aliphatic heterocycles. The lowest BCUT2D eigenvalue weighted by Crippen LogP contribution is -2.11. The largest absolute Gasteiger partial charge is 0.416 e. The third kappa shape index (κ3) is 3.14. The van der Waals surface area contributed by atoms with Crippen molar-refractivity contribution in [1.82, 2.24) is 0 Å². The Bertz CT molecular complexity index is 596. The van der Waals surface area contributed by atoms with Crippen molar-refractivity contribution in [2.75, 3.05) is 0 Å². The van der Waals surface area contributed by atoms with Crippen LogP contribution in [-0.2, 0) is 12.4 Å². The quantitative estimate of drug-likeness (QED) is 0.571. The molecule has 0 fully saturated rings. The van der Waals surface area contributed by atoms with Crippen LogP contribution in [0.15, 0.2) is 35.4 Å². The maximum Gasteiger partial charge on any atom is 0.416 e. The molecule has 6 heteroatoms. The van der Waals surface area contributed by atoms with E-state index in [1.807, 2.05) is 0 Å². The maximum atomic E-state index is 12.8. The number of allylic oxidation sites excluding steroid dienone is 4. The Morgan fingerprint density at radius 2 is 1.29 bits per heavy atom. The van der Waals surface area contributed by atoms with Crippen LogP contribution in [0.4, 0.5) is 26.3 Å². The van der Waals surface area contributed by atoms with Gasteiger partial charge in [-0.1, -0.05) is 11.6 Å². The van der Waals surface area contributed by atoms with Crippen molar-refractivity contribution in [2.45, 2.75) is 32.6 Å². The fourth-order valence-corrected chi connectivity index (χ4v) is 2.24. The zero-order valence-electron chi connectivity index (χ0n) is 11.3. The molecule has 0 amide bonds. The molecule has 21 heavy (non-hydrogen) atoms. The van der Waals surface area contributed by atoms with Crippen LogP contribution in [0.3, 0.4) is 0 Å².